The summed E-state index contributed by atoms with van der Waals surface area (Å²) >= 11 is 0. The fourth-order valence-electron chi connectivity index (χ4n) is 3.99. The quantitative estimate of drug-likeness (QED) is 0.600. The minimum Gasteiger partial charge on any atom is -0.356 e. The van der Waals surface area contributed by atoms with Crippen molar-refractivity contribution < 1.29 is 17.3 Å². The first-order valence-corrected chi connectivity index (χ1v) is 11.6. The molecule has 3 heterocycles. The van der Waals surface area contributed by atoms with E-state index in [9.17, 15) is 12.8 Å². The molecule has 4 rings (SSSR count). The molecule has 1 aliphatic heterocycles. The van der Waals surface area contributed by atoms with Crippen LogP contribution in [0.5, 0.6) is 0 Å². The lowest BCUT2D eigenvalue weighted by Crippen LogP contribution is -2.35. The smallest absolute Gasteiger partial charge is 0.247 e. The van der Waals surface area contributed by atoms with Gasteiger partial charge in [0.15, 0.2) is 5.76 Å². The van der Waals surface area contributed by atoms with Crippen molar-refractivity contribution in [2.75, 3.05) is 6.54 Å². The van der Waals surface area contributed by atoms with Crippen molar-refractivity contribution >= 4 is 10.0 Å². The summed E-state index contributed by atoms with van der Waals surface area (Å²) in [5.74, 6) is 0.157. The summed E-state index contributed by atoms with van der Waals surface area (Å²) in [4.78, 5) is 0.235. The number of hydrogen-bond donors (Lipinski definition) is 0. The van der Waals surface area contributed by atoms with Gasteiger partial charge in [-0.1, -0.05) is 18.0 Å². The van der Waals surface area contributed by atoms with E-state index in [2.05, 4.69) is 10.3 Å². The van der Waals surface area contributed by atoms with Crippen molar-refractivity contribution in [3.63, 3.8) is 0 Å². The Kier molecular flexibility index (Phi) is 5.75. The summed E-state index contributed by atoms with van der Waals surface area (Å²) in [6.45, 7) is 4.73. The van der Waals surface area contributed by atoms with E-state index in [0.717, 1.165) is 19.3 Å². The molecule has 1 unspecified atom stereocenters. The van der Waals surface area contributed by atoms with Crippen LogP contribution in [-0.2, 0) is 16.6 Å². The van der Waals surface area contributed by atoms with Gasteiger partial charge in [-0.15, -0.1) is 0 Å². The van der Waals surface area contributed by atoms with Gasteiger partial charge >= 0.3 is 0 Å². The van der Waals surface area contributed by atoms with Crippen LogP contribution >= 0.6 is 0 Å². The van der Waals surface area contributed by atoms with Gasteiger partial charge in [-0.25, -0.2) is 12.8 Å². The molecule has 0 aliphatic carbocycles. The van der Waals surface area contributed by atoms with E-state index in [1.165, 1.54) is 22.6 Å². The van der Waals surface area contributed by atoms with E-state index in [0.29, 0.717) is 42.2 Å². The van der Waals surface area contributed by atoms with Crippen molar-refractivity contribution in [3.05, 3.63) is 53.7 Å². The number of nitrogens with zero attached hydrogens (tertiary/aromatic N) is 4. The highest BCUT2D eigenvalue weighted by Gasteiger charge is 2.37. The predicted molar refractivity (Wildman–Crippen MR) is 110 cm³/mol. The summed E-state index contributed by atoms with van der Waals surface area (Å²) < 4.78 is 49.0. The van der Waals surface area contributed by atoms with E-state index < -0.39 is 16.1 Å². The van der Waals surface area contributed by atoms with Gasteiger partial charge in [0.05, 0.1) is 17.9 Å². The van der Waals surface area contributed by atoms with Gasteiger partial charge in [0.25, 0.3) is 0 Å². The van der Waals surface area contributed by atoms with Gasteiger partial charge in [-0.3, -0.25) is 4.68 Å². The zero-order valence-corrected chi connectivity index (χ0v) is 17.9. The average molecular weight is 433 g/mol. The Bertz CT molecular complexity index is 1120. The van der Waals surface area contributed by atoms with Gasteiger partial charge in [-0.05, 0) is 51.0 Å². The van der Waals surface area contributed by atoms with Crippen LogP contribution < -0.4 is 0 Å². The van der Waals surface area contributed by atoms with Gasteiger partial charge in [-0.2, -0.15) is 9.40 Å². The SMILES string of the molecule is CCn1ncc(S(=O)(=O)N2CCCCCC2c2cc(-c3ccc(F)cc3)on2)c1C. The highest BCUT2D eigenvalue weighted by molar-refractivity contribution is 7.89. The molecular formula is C21H25FN4O3S. The number of hydrogen-bond acceptors (Lipinski definition) is 5. The summed E-state index contributed by atoms with van der Waals surface area (Å²) in [6, 6.07) is 7.28. The van der Waals surface area contributed by atoms with Crippen molar-refractivity contribution in [1.29, 1.82) is 0 Å². The van der Waals surface area contributed by atoms with E-state index in [-0.39, 0.29) is 10.7 Å². The zero-order chi connectivity index (χ0) is 21.3. The lowest BCUT2D eigenvalue weighted by atomic mass is 10.1. The Labute approximate surface area is 175 Å². The van der Waals surface area contributed by atoms with Crippen LogP contribution in [0.1, 0.15) is 50.0 Å². The molecular weight excluding hydrogens is 407 g/mol. The highest BCUT2D eigenvalue weighted by atomic mass is 32.2. The molecule has 0 amide bonds. The number of aryl methyl sites for hydroxylation is 1. The number of halogens is 1. The monoisotopic (exact) mass is 432 g/mol. The van der Waals surface area contributed by atoms with E-state index in [4.69, 9.17) is 4.52 Å². The maximum absolute atomic E-state index is 13.6. The molecule has 1 aromatic carbocycles. The highest BCUT2D eigenvalue weighted by Crippen LogP contribution is 2.36. The van der Waals surface area contributed by atoms with E-state index in [1.807, 2.05) is 6.92 Å². The molecule has 2 aromatic heterocycles. The van der Waals surface area contributed by atoms with Crippen molar-refractivity contribution in [1.82, 2.24) is 19.2 Å². The van der Waals surface area contributed by atoms with Gasteiger partial charge in [0.1, 0.15) is 16.4 Å². The van der Waals surface area contributed by atoms with Gasteiger partial charge in [0.2, 0.25) is 10.0 Å². The number of sulfonamides is 1. The molecule has 0 N–H and O–H groups in total. The molecule has 1 fully saturated rings. The molecule has 0 saturated carbocycles. The second-order valence-electron chi connectivity index (χ2n) is 7.51. The fourth-order valence-corrected chi connectivity index (χ4v) is 5.82. The molecule has 160 valence electrons. The Morgan fingerprint density at radius 3 is 2.67 bits per heavy atom. The second kappa shape index (κ2) is 8.31. The lowest BCUT2D eigenvalue weighted by molar-refractivity contribution is 0.308. The first-order chi connectivity index (χ1) is 14.4. The Morgan fingerprint density at radius 1 is 1.20 bits per heavy atom. The first kappa shape index (κ1) is 20.7. The van der Waals surface area contributed by atoms with Crippen LogP contribution in [0.4, 0.5) is 4.39 Å². The largest absolute Gasteiger partial charge is 0.356 e. The normalized spacial score (nSPS) is 18.4. The molecule has 3 aromatic rings. The van der Waals surface area contributed by atoms with Crippen LogP contribution in [-0.4, -0.2) is 34.2 Å². The molecule has 1 atom stereocenters. The summed E-state index contributed by atoms with van der Waals surface area (Å²) in [5, 5.41) is 8.40. The third kappa shape index (κ3) is 3.79. The second-order valence-corrected chi connectivity index (χ2v) is 9.37. The lowest BCUT2D eigenvalue weighted by Gasteiger charge is -2.27. The molecule has 9 heteroatoms. The maximum Gasteiger partial charge on any atom is 0.247 e. The van der Waals surface area contributed by atoms with Crippen LogP contribution in [0.25, 0.3) is 11.3 Å². The third-order valence-electron chi connectivity index (χ3n) is 5.65. The predicted octanol–water partition coefficient (Wildman–Crippen LogP) is 4.31. The van der Waals surface area contributed by atoms with Crippen molar-refractivity contribution in [3.8, 4) is 11.3 Å². The van der Waals surface area contributed by atoms with Crippen molar-refractivity contribution in [2.24, 2.45) is 0 Å². The minimum absolute atomic E-state index is 0.235. The molecule has 30 heavy (non-hydrogen) atoms. The molecule has 1 saturated heterocycles. The Morgan fingerprint density at radius 2 is 1.97 bits per heavy atom. The summed E-state index contributed by atoms with van der Waals surface area (Å²) in [5.41, 5.74) is 1.89. The molecule has 0 radical (unpaired) electrons. The van der Waals surface area contributed by atoms with Crippen LogP contribution in [0.2, 0.25) is 0 Å². The maximum atomic E-state index is 13.6. The van der Waals surface area contributed by atoms with Crippen LogP contribution in [0.3, 0.4) is 0 Å². The molecule has 1 aliphatic rings. The number of aromatic nitrogens is 3. The Balaban J connectivity index is 1.70. The number of rotatable bonds is 5. The zero-order valence-electron chi connectivity index (χ0n) is 17.1. The number of benzene rings is 1. The van der Waals surface area contributed by atoms with Gasteiger partial charge < -0.3 is 4.52 Å². The van der Waals surface area contributed by atoms with Crippen LogP contribution in [0, 0.1) is 12.7 Å². The summed E-state index contributed by atoms with van der Waals surface area (Å²) in [7, 11) is -3.74. The molecule has 0 spiro atoms. The van der Waals surface area contributed by atoms with Crippen molar-refractivity contribution in [2.45, 2.75) is 57.0 Å². The summed E-state index contributed by atoms with van der Waals surface area (Å²) in [6.07, 6.45) is 4.75. The van der Waals surface area contributed by atoms with E-state index in [1.54, 1.807) is 29.8 Å². The topological polar surface area (TPSA) is 81.2 Å². The van der Waals surface area contributed by atoms with Crippen LogP contribution in [0.15, 0.2) is 45.9 Å². The average Bonchev–Trinajstić information content (AvgIpc) is 3.28. The molecule has 0 bridgehead atoms. The Hall–Kier alpha value is -2.52. The first-order valence-electron chi connectivity index (χ1n) is 10.2. The van der Waals surface area contributed by atoms with Gasteiger partial charge in [0, 0.05) is 24.7 Å². The third-order valence-corrected chi connectivity index (χ3v) is 7.66. The van der Waals surface area contributed by atoms with E-state index >= 15 is 0 Å². The standard InChI is InChI=1S/C21H25FN4O3S/c1-3-25-15(2)21(14-23-25)30(27,28)26-12-6-4-5-7-19(26)18-13-20(29-24-18)16-8-10-17(22)11-9-16/h8-11,13-14,19H,3-7,12H2,1-2H3. The molecule has 7 nitrogen and oxygen atoms in total. The minimum atomic E-state index is -3.74. The fraction of sp³-hybridized carbons (Fsp3) is 0.429.